The number of rotatable bonds is 3. The Morgan fingerprint density at radius 2 is 1.76 bits per heavy atom. The summed E-state index contributed by atoms with van der Waals surface area (Å²) in [5.74, 6) is -0.759. The Labute approximate surface area is 124 Å². The quantitative estimate of drug-likeness (QED) is 0.903. The van der Waals surface area contributed by atoms with Crippen molar-refractivity contribution < 1.29 is 21.2 Å². The fraction of sp³-hybridized carbons (Fsp3) is 0.538. The smallest absolute Gasteiger partial charge is 0.229 e. The van der Waals surface area contributed by atoms with Crippen LogP contribution in [0.4, 0.5) is 4.39 Å². The van der Waals surface area contributed by atoms with Crippen LogP contribution in [-0.4, -0.2) is 33.9 Å². The van der Waals surface area contributed by atoms with Crippen LogP contribution in [0.3, 0.4) is 0 Å². The first-order valence-electron chi connectivity index (χ1n) is 6.45. The maximum Gasteiger partial charge on any atom is 0.241 e. The lowest BCUT2D eigenvalue weighted by Gasteiger charge is -2.24. The Morgan fingerprint density at radius 3 is 2.19 bits per heavy atom. The summed E-state index contributed by atoms with van der Waals surface area (Å²) in [6, 6.07) is 2.30. The number of nitrogens with one attached hydrogen (secondary N) is 1. The van der Waals surface area contributed by atoms with Gasteiger partial charge in [0.05, 0.1) is 16.4 Å². The molecule has 1 aromatic carbocycles. The van der Waals surface area contributed by atoms with Crippen molar-refractivity contribution in [1.29, 1.82) is 0 Å². The van der Waals surface area contributed by atoms with E-state index in [0.717, 1.165) is 12.1 Å². The average Bonchev–Trinajstić information content (AvgIpc) is 2.48. The third-order valence-electron chi connectivity index (χ3n) is 3.58. The van der Waals surface area contributed by atoms with Gasteiger partial charge in [-0.25, -0.2) is 25.9 Å². The number of hydrogen-bond donors (Lipinski definition) is 1. The number of sulfonamides is 1. The molecule has 2 rings (SSSR count). The van der Waals surface area contributed by atoms with Gasteiger partial charge in [-0.1, -0.05) is 0 Å². The molecular weight excluding hydrogens is 317 g/mol. The van der Waals surface area contributed by atoms with E-state index in [-0.39, 0.29) is 22.8 Å². The van der Waals surface area contributed by atoms with Crippen molar-refractivity contribution in [3.05, 3.63) is 29.1 Å². The molecule has 1 aromatic rings. The van der Waals surface area contributed by atoms with Crippen LogP contribution in [0.2, 0.25) is 0 Å². The Balaban J connectivity index is 2.41. The lowest BCUT2D eigenvalue weighted by atomic mass is 10.0. The van der Waals surface area contributed by atoms with Crippen molar-refractivity contribution in [3.63, 3.8) is 0 Å². The van der Waals surface area contributed by atoms with Gasteiger partial charge in [0.2, 0.25) is 10.0 Å². The van der Waals surface area contributed by atoms with Crippen LogP contribution in [0.25, 0.3) is 0 Å². The summed E-state index contributed by atoms with van der Waals surface area (Å²) in [6.45, 7) is 4.60. The zero-order valence-corrected chi connectivity index (χ0v) is 13.7. The van der Waals surface area contributed by atoms with Crippen molar-refractivity contribution in [2.24, 2.45) is 0 Å². The van der Waals surface area contributed by atoms with E-state index in [9.17, 15) is 21.2 Å². The highest BCUT2D eigenvalue weighted by Gasteiger charge is 2.41. The topological polar surface area (TPSA) is 80.3 Å². The molecule has 0 spiro atoms. The highest BCUT2D eigenvalue weighted by molar-refractivity contribution is 7.92. The maximum atomic E-state index is 13.3. The zero-order valence-electron chi connectivity index (χ0n) is 12.1. The Hall–Kier alpha value is -0.990. The second-order valence-corrected chi connectivity index (χ2v) is 9.68. The molecule has 0 aliphatic carbocycles. The van der Waals surface area contributed by atoms with Crippen LogP contribution in [0, 0.1) is 19.7 Å². The summed E-state index contributed by atoms with van der Waals surface area (Å²) in [7, 11) is -7.13. The number of sulfone groups is 1. The molecule has 1 aliphatic heterocycles. The first kappa shape index (κ1) is 16.4. The van der Waals surface area contributed by atoms with Crippen LogP contribution in [0.1, 0.15) is 24.5 Å². The second kappa shape index (κ2) is 5.03. The number of aryl methyl sites for hydroxylation is 2. The molecule has 118 valence electrons. The Kier molecular flexibility index (Phi) is 3.92. The average molecular weight is 335 g/mol. The molecule has 0 saturated carbocycles. The number of halogens is 1. The molecule has 1 saturated heterocycles. The SMILES string of the molecule is Cc1cc(F)cc(C)c1S(=O)(=O)NC1(C)CCS(=O)(=O)C1. The molecule has 1 atom stereocenters. The molecule has 0 aromatic heterocycles. The largest absolute Gasteiger partial charge is 0.241 e. The molecular formula is C13H18FNO4S2. The molecule has 1 fully saturated rings. The van der Waals surface area contributed by atoms with Crippen LogP contribution in [0.5, 0.6) is 0 Å². The summed E-state index contributed by atoms with van der Waals surface area (Å²) in [4.78, 5) is 0.00872. The van der Waals surface area contributed by atoms with Crippen LogP contribution < -0.4 is 4.72 Å². The molecule has 1 unspecified atom stereocenters. The predicted molar refractivity (Wildman–Crippen MR) is 77.9 cm³/mol. The maximum absolute atomic E-state index is 13.3. The van der Waals surface area contributed by atoms with Crippen molar-refractivity contribution in [2.45, 2.75) is 37.6 Å². The molecule has 0 bridgehead atoms. The summed E-state index contributed by atoms with van der Waals surface area (Å²) >= 11 is 0. The summed E-state index contributed by atoms with van der Waals surface area (Å²) in [5, 5.41) is 0. The summed E-state index contributed by atoms with van der Waals surface area (Å²) in [5.41, 5.74) is -0.431. The predicted octanol–water partition coefficient (Wildman–Crippen LogP) is 1.30. The molecule has 21 heavy (non-hydrogen) atoms. The van der Waals surface area contributed by atoms with Crippen molar-refractivity contribution in [2.75, 3.05) is 11.5 Å². The summed E-state index contributed by atoms with van der Waals surface area (Å²) in [6.07, 6.45) is 0.230. The van der Waals surface area contributed by atoms with Gasteiger partial charge in [0.15, 0.2) is 9.84 Å². The van der Waals surface area contributed by atoms with Gasteiger partial charge >= 0.3 is 0 Å². The molecule has 0 amide bonds. The Morgan fingerprint density at radius 1 is 1.24 bits per heavy atom. The van der Waals surface area contributed by atoms with Crippen molar-refractivity contribution >= 4 is 19.9 Å². The normalized spacial score (nSPS) is 25.1. The van der Waals surface area contributed by atoms with Crippen LogP contribution in [-0.2, 0) is 19.9 Å². The molecule has 0 radical (unpaired) electrons. The third kappa shape index (κ3) is 3.44. The zero-order chi connectivity index (χ0) is 16.1. The number of hydrogen-bond acceptors (Lipinski definition) is 4. The fourth-order valence-electron chi connectivity index (χ4n) is 2.79. The monoisotopic (exact) mass is 335 g/mol. The minimum Gasteiger partial charge on any atom is -0.229 e. The van der Waals surface area contributed by atoms with Gasteiger partial charge in [0.25, 0.3) is 0 Å². The van der Waals surface area contributed by atoms with E-state index in [1.165, 1.54) is 13.8 Å². The highest BCUT2D eigenvalue weighted by Crippen LogP contribution is 2.28. The lowest BCUT2D eigenvalue weighted by Crippen LogP contribution is -2.47. The van der Waals surface area contributed by atoms with Gasteiger partial charge < -0.3 is 0 Å². The lowest BCUT2D eigenvalue weighted by molar-refractivity contribution is 0.461. The van der Waals surface area contributed by atoms with E-state index in [2.05, 4.69) is 4.72 Å². The molecule has 1 heterocycles. The minimum absolute atomic E-state index is 0.00872. The molecule has 8 heteroatoms. The van der Waals surface area contributed by atoms with Crippen molar-refractivity contribution in [1.82, 2.24) is 4.72 Å². The van der Waals surface area contributed by atoms with E-state index in [1.807, 2.05) is 0 Å². The van der Waals surface area contributed by atoms with E-state index in [0.29, 0.717) is 11.1 Å². The molecule has 1 N–H and O–H groups in total. The second-order valence-electron chi connectivity index (χ2n) is 5.88. The van der Waals surface area contributed by atoms with Gasteiger partial charge in [0, 0.05) is 5.54 Å². The third-order valence-corrected chi connectivity index (χ3v) is 7.42. The van der Waals surface area contributed by atoms with E-state index in [4.69, 9.17) is 0 Å². The van der Waals surface area contributed by atoms with Gasteiger partial charge in [-0.05, 0) is 50.5 Å². The standard InChI is InChI=1S/C13H18FNO4S2/c1-9-6-11(14)7-10(2)12(9)21(18,19)15-13(3)4-5-20(16,17)8-13/h6-7,15H,4-5,8H2,1-3H3. The van der Waals surface area contributed by atoms with Crippen molar-refractivity contribution in [3.8, 4) is 0 Å². The molecule has 1 aliphatic rings. The number of benzene rings is 1. The first-order chi connectivity index (χ1) is 9.44. The highest BCUT2D eigenvalue weighted by atomic mass is 32.2. The molecule has 5 nitrogen and oxygen atoms in total. The minimum atomic E-state index is -3.91. The Bertz CT molecular complexity index is 763. The van der Waals surface area contributed by atoms with E-state index in [1.54, 1.807) is 6.92 Å². The van der Waals surface area contributed by atoms with E-state index < -0.39 is 31.2 Å². The fourth-order valence-corrected chi connectivity index (χ4v) is 6.86. The van der Waals surface area contributed by atoms with E-state index >= 15 is 0 Å². The first-order valence-corrected chi connectivity index (χ1v) is 9.76. The van der Waals surface area contributed by atoms with Gasteiger partial charge in [0.1, 0.15) is 5.82 Å². The van der Waals surface area contributed by atoms with Gasteiger partial charge in [-0.15, -0.1) is 0 Å². The summed E-state index contributed by atoms with van der Waals surface area (Å²) < 4.78 is 63.9. The van der Waals surface area contributed by atoms with Gasteiger partial charge in [-0.2, -0.15) is 0 Å². The van der Waals surface area contributed by atoms with Crippen LogP contribution >= 0.6 is 0 Å². The van der Waals surface area contributed by atoms with Gasteiger partial charge in [-0.3, -0.25) is 0 Å². The van der Waals surface area contributed by atoms with Crippen LogP contribution in [0.15, 0.2) is 17.0 Å².